The molecule has 0 atom stereocenters. The molecule has 0 aromatic heterocycles. The van der Waals surface area contributed by atoms with Crippen molar-refractivity contribution in [3.63, 3.8) is 0 Å². The highest BCUT2D eigenvalue weighted by Gasteiger charge is 2.20. The molecule has 0 heterocycles. The normalized spacial score (nSPS) is 11.6. The first kappa shape index (κ1) is 21.1. The number of carbonyl (C=O) groups excluding carboxylic acids is 1. The number of methoxy groups -OCH3 is 1. The molecule has 0 fully saturated rings. The number of benzene rings is 2. The fourth-order valence-corrected chi connectivity index (χ4v) is 4.18. The molecule has 6 nitrogen and oxygen atoms in total. The second kappa shape index (κ2) is 9.64. The lowest BCUT2D eigenvalue weighted by atomic mass is 10.1. The van der Waals surface area contributed by atoms with Crippen molar-refractivity contribution in [1.29, 1.82) is 0 Å². The third kappa shape index (κ3) is 5.38. The predicted molar refractivity (Wildman–Crippen MR) is 105 cm³/mol. The average Bonchev–Trinajstić information content (AvgIpc) is 2.69. The number of hydrogen-bond donors (Lipinski definition) is 1. The lowest BCUT2D eigenvalue weighted by Gasteiger charge is -2.18. The van der Waals surface area contributed by atoms with Crippen LogP contribution in [0.4, 0.5) is 0 Å². The summed E-state index contributed by atoms with van der Waals surface area (Å²) in [5, 5.41) is 3.31. The molecule has 7 heteroatoms. The number of nitrogens with one attached hydrogen (secondary N) is 1. The third-order valence-corrected chi connectivity index (χ3v) is 6.36. The van der Waals surface area contributed by atoms with E-state index in [9.17, 15) is 13.2 Å². The Labute approximate surface area is 161 Å². The van der Waals surface area contributed by atoms with E-state index < -0.39 is 10.0 Å². The average molecular weight is 391 g/mol. The Bertz CT molecular complexity index is 843. The minimum absolute atomic E-state index is 0.313. The molecule has 2 aromatic carbocycles. The van der Waals surface area contributed by atoms with Gasteiger partial charge in [-0.25, -0.2) is 13.2 Å². The zero-order valence-electron chi connectivity index (χ0n) is 15.9. The summed E-state index contributed by atoms with van der Waals surface area (Å²) in [5.74, 6) is -0.353. The van der Waals surface area contributed by atoms with Crippen molar-refractivity contribution in [3.05, 3.63) is 65.2 Å². The SMILES string of the molecule is CCN(CC)S(=O)(=O)c1ccc(CNCc2ccc(C(=O)OC)cc2)cc1. The summed E-state index contributed by atoms with van der Waals surface area (Å²) >= 11 is 0. The molecule has 2 rings (SSSR count). The zero-order chi connectivity index (χ0) is 19.9. The molecular formula is C20H26N2O4S. The van der Waals surface area contributed by atoms with E-state index in [1.54, 1.807) is 24.3 Å². The smallest absolute Gasteiger partial charge is 0.337 e. The number of rotatable bonds is 9. The van der Waals surface area contributed by atoms with Gasteiger partial charge < -0.3 is 10.1 Å². The second-order valence-corrected chi connectivity index (χ2v) is 7.96. The van der Waals surface area contributed by atoms with Crippen molar-refractivity contribution in [2.24, 2.45) is 0 Å². The number of hydrogen-bond acceptors (Lipinski definition) is 5. The highest BCUT2D eigenvalue weighted by atomic mass is 32.2. The Kier molecular flexibility index (Phi) is 7.53. The van der Waals surface area contributed by atoms with Crippen molar-refractivity contribution in [1.82, 2.24) is 9.62 Å². The minimum Gasteiger partial charge on any atom is -0.465 e. The molecule has 0 saturated heterocycles. The van der Waals surface area contributed by atoms with Crippen LogP contribution in [-0.4, -0.2) is 38.9 Å². The molecule has 0 unspecified atom stereocenters. The van der Waals surface area contributed by atoms with E-state index in [0.29, 0.717) is 36.6 Å². The molecule has 27 heavy (non-hydrogen) atoms. The Balaban J connectivity index is 1.93. The fourth-order valence-electron chi connectivity index (χ4n) is 2.72. The van der Waals surface area contributed by atoms with Crippen LogP contribution in [0.5, 0.6) is 0 Å². The number of ether oxygens (including phenoxy) is 1. The van der Waals surface area contributed by atoms with Crippen LogP contribution in [0.25, 0.3) is 0 Å². The molecule has 0 saturated carbocycles. The third-order valence-electron chi connectivity index (χ3n) is 4.30. The van der Waals surface area contributed by atoms with Gasteiger partial charge in [-0.2, -0.15) is 4.31 Å². The van der Waals surface area contributed by atoms with E-state index >= 15 is 0 Å². The summed E-state index contributed by atoms with van der Waals surface area (Å²) in [4.78, 5) is 11.7. The lowest BCUT2D eigenvalue weighted by Crippen LogP contribution is -2.30. The van der Waals surface area contributed by atoms with Crippen LogP contribution < -0.4 is 5.32 Å². The molecule has 2 aromatic rings. The maximum absolute atomic E-state index is 12.5. The fraction of sp³-hybridized carbons (Fsp3) is 0.350. The highest BCUT2D eigenvalue weighted by Crippen LogP contribution is 2.16. The molecule has 0 aliphatic rings. The Morgan fingerprint density at radius 2 is 1.41 bits per heavy atom. The summed E-state index contributed by atoms with van der Waals surface area (Å²) < 4.78 is 31.1. The van der Waals surface area contributed by atoms with E-state index in [4.69, 9.17) is 0 Å². The molecule has 146 valence electrons. The van der Waals surface area contributed by atoms with E-state index in [0.717, 1.165) is 11.1 Å². The van der Waals surface area contributed by atoms with Gasteiger partial charge in [0.25, 0.3) is 0 Å². The van der Waals surface area contributed by atoms with Crippen LogP contribution in [0.1, 0.15) is 35.3 Å². The minimum atomic E-state index is -3.42. The van der Waals surface area contributed by atoms with Crippen molar-refractivity contribution in [3.8, 4) is 0 Å². The van der Waals surface area contributed by atoms with Gasteiger partial charge in [-0.1, -0.05) is 38.1 Å². The highest BCUT2D eigenvalue weighted by molar-refractivity contribution is 7.89. The van der Waals surface area contributed by atoms with Gasteiger partial charge in [0, 0.05) is 26.2 Å². The Morgan fingerprint density at radius 1 is 0.926 bits per heavy atom. The number of esters is 1. The van der Waals surface area contributed by atoms with Crippen molar-refractivity contribution < 1.29 is 17.9 Å². The van der Waals surface area contributed by atoms with Gasteiger partial charge in [0.2, 0.25) is 10.0 Å². The van der Waals surface area contributed by atoms with Gasteiger partial charge in [0.1, 0.15) is 0 Å². The summed E-state index contributed by atoms with van der Waals surface area (Å²) in [5.41, 5.74) is 2.56. The molecule has 0 aliphatic carbocycles. The van der Waals surface area contributed by atoms with Gasteiger partial charge in [-0.15, -0.1) is 0 Å². The second-order valence-electron chi connectivity index (χ2n) is 6.03. The lowest BCUT2D eigenvalue weighted by molar-refractivity contribution is 0.0600. The van der Waals surface area contributed by atoms with Crippen molar-refractivity contribution in [2.45, 2.75) is 31.8 Å². The van der Waals surface area contributed by atoms with Gasteiger partial charge in [-0.05, 0) is 35.4 Å². The van der Waals surface area contributed by atoms with Crippen LogP contribution in [0.3, 0.4) is 0 Å². The maximum Gasteiger partial charge on any atom is 0.337 e. The summed E-state index contributed by atoms with van der Waals surface area (Å²) in [6, 6.07) is 14.2. The molecule has 0 radical (unpaired) electrons. The monoisotopic (exact) mass is 390 g/mol. The van der Waals surface area contributed by atoms with E-state index in [1.807, 2.05) is 38.1 Å². The number of carbonyl (C=O) groups is 1. The quantitative estimate of drug-likeness (QED) is 0.667. The van der Waals surface area contributed by atoms with Crippen LogP contribution >= 0.6 is 0 Å². The first-order valence-corrected chi connectivity index (χ1v) is 10.3. The predicted octanol–water partition coefficient (Wildman–Crippen LogP) is 2.79. The van der Waals surface area contributed by atoms with E-state index in [-0.39, 0.29) is 5.97 Å². The molecule has 1 N–H and O–H groups in total. The molecule has 0 aliphatic heterocycles. The van der Waals surface area contributed by atoms with E-state index in [2.05, 4.69) is 10.1 Å². The van der Waals surface area contributed by atoms with Crippen LogP contribution in [0.2, 0.25) is 0 Å². The maximum atomic E-state index is 12.5. The number of sulfonamides is 1. The topological polar surface area (TPSA) is 75.7 Å². The van der Waals surface area contributed by atoms with Gasteiger partial charge in [-0.3, -0.25) is 0 Å². The molecule has 0 spiro atoms. The van der Waals surface area contributed by atoms with E-state index in [1.165, 1.54) is 11.4 Å². The van der Waals surface area contributed by atoms with Gasteiger partial charge in [0.05, 0.1) is 17.6 Å². The van der Waals surface area contributed by atoms with Crippen molar-refractivity contribution >= 4 is 16.0 Å². The molecule has 0 bridgehead atoms. The molecule has 0 amide bonds. The van der Waals surface area contributed by atoms with Crippen LogP contribution in [-0.2, 0) is 27.8 Å². The molecular weight excluding hydrogens is 364 g/mol. The van der Waals surface area contributed by atoms with Gasteiger partial charge >= 0.3 is 5.97 Å². The van der Waals surface area contributed by atoms with Crippen molar-refractivity contribution in [2.75, 3.05) is 20.2 Å². The first-order chi connectivity index (χ1) is 12.9. The zero-order valence-corrected chi connectivity index (χ0v) is 16.8. The van der Waals surface area contributed by atoms with Gasteiger partial charge in [0.15, 0.2) is 0 Å². The summed E-state index contributed by atoms with van der Waals surface area (Å²) in [7, 11) is -2.06. The standard InChI is InChI=1S/C20H26N2O4S/c1-4-22(5-2)27(24,25)19-12-8-17(9-13-19)15-21-14-16-6-10-18(11-7-16)20(23)26-3/h6-13,21H,4-5,14-15H2,1-3H3. The van der Waals surface area contributed by atoms with Crippen LogP contribution in [0, 0.1) is 0 Å². The van der Waals surface area contributed by atoms with Crippen LogP contribution in [0.15, 0.2) is 53.4 Å². The summed E-state index contributed by atoms with van der Waals surface area (Å²) in [6.45, 7) is 5.83. The first-order valence-electron chi connectivity index (χ1n) is 8.89. The Hall–Kier alpha value is -2.22. The Morgan fingerprint density at radius 3 is 1.85 bits per heavy atom. The largest absolute Gasteiger partial charge is 0.465 e. The summed E-state index contributed by atoms with van der Waals surface area (Å²) in [6.07, 6.45) is 0. The number of nitrogens with zero attached hydrogens (tertiary/aromatic N) is 1.